The van der Waals surface area contributed by atoms with Crippen LogP contribution in [0.15, 0.2) is 11.8 Å². The van der Waals surface area contributed by atoms with Crippen LogP contribution < -0.4 is 5.73 Å². The van der Waals surface area contributed by atoms with Gasteiger partial charge in [0.2, 0.25) is 0 Å². The van der Waals surface area contributed by atoms with Crippen LogP contribution in [0, 0.1) is 5.92 Å². The van der Waals surface area contributed by atoms with Crippen LogP contribution in [0.1, 0.15) is 52.4 Å². The Morgan fingerprint density at radius 1 is 1.50 bits per heavy atom. The first-order valence-electron chi connectivity index (χ1n) is 7.38. The molecule has 1 fully saturated rings. The molecule has 3 nitrogen and oxygen atoms in total. The van der Waals surface area contributed by atoms with Crippen LogP contribution in [0.5, 0.6) is 0 Å². The fourth-order valence-electron chi connectivity index (χ4n) is 3.23. The Labute approximate surface area is 111 Å². The first-order chi connectivity index (χ1) is 8.68. The first kappa shape index (κ1) is 13.9. The molecule has 0 spiro atoms. The van der Waals surface area contributed by atoms with E-state index < -0.39 is 0 Å². The van der Waals surface area contributed by atoms with Gasteiger partial charge in [-0.15, -0.1) is 0 Å². The smallest absolute Gasteiger partial charge is 0.0876 e. The zero-order chi connectivity index (χ0) is 13.0. The van der Waals surface area contributed by atoms with Crippen LogP contribution in [0.3, 0.4) is 0 Å². The lowest BCUT2D eigenvalue weighted by Crippen LogP contribution is -2.53. The van der Waals surface area contributed by atoms with Crippen molar-refractivity contribution in [2.75, 3.05) is 13.2 Å². The number of ether oxygens (including phenoxy) is 2. The lowest BCUT2D eigenvalue weighted by atomic mass is 9.73. The molecule has 1 saturated carbocycles. The minimum absolute atomic E-state index is 0.00486. The average molecular weight is 253 g/mol. The molecule has 1 atom stereocenters. The number of hydrogen-bond donors (Lipinski definition) is 1. The molecule has 0 aromatic rings. The molecule has 104 valence electrons. The fourth-order valence-corrected chi connectivity index (χ4v) is 3.23. The molecular formula is C15H27NO2. The third kappa shape index (κ3) is 2.89. The summed E-state index contributed by atoms with van der Waals surface area (Å²) in [5.41, 5.74) is 7.61. The molecule has 1 heterocycles. The molecule has 0 radical (unpaired) electrons. The summed E-state index contributed by atoms with van der Waals surface area (Å²) in [6.07, 6.45) is 8.64. The fraction of sp³-hybridized carbons (Fsp3) is 0.867. The number of rotatable bonds is 4. The van der Waals surface area contributed by atoms with Crippen molar-refractivity contribution in [3.8, 4) is 0 Å². The molecule has 1 aliphatic heterocycles. The van der Waals surface area contributed by atoms with Gasteiger partial charge in [0.25, 0.3) is 0 Å². The summed E-state index contributed by atoms with van der Waals surface area (Å²) in [4.78, 5) is 0. The molecule has 2 aliphatic rings. The predicted octanol–water partition coefficient (Wildman–Crippen LogP) is 2.99. The SMILES string of the molecule is CCOC1(C(N)C2=COCCC2)CCC(C)CC1. The van der Waals surface area contributed by atoms with Crippen molar-refractivity contribution in [1.82, 2.24) is 0 Å². The third-order valence-electron chi connectivity index (χ3n) is 4.48. The molecule has 18 heavy (non-hydrogen) atoms. The second kappa shape index (κ2) is 6.07. The van der Waals surface area contributed by atoms with Gasteiger partial charge in [-0.25, -0.2) is 0 Å². The number of hydrogen-bond acceptors (Lipinski definition) is 3. The van der Waals surface area contributed by atoms with Gasteiger partial charge in [0.1, 0.15) is 0 Å². The van der Waals surface area contributed by atoms with Gasteiger partial charge in [0, 0.05) is 6.61 Å². The first-order valence-corrected chi connectivity index (χ1v) is 7.38. The van der Waals surface area contributed by atoms with E-state index in [4.69, 9.17) is 15.2 Å². The third-order valence-corrected chi connectivity index (χ3v) is 4.48. The highest BCUT2D eigenvalue weighted by Crippen LogP contribution is 2.39. The molecule has 2 rings (SSSR count). The minimum atomic E-state index is -0.145. The van der Waals surface area contributed by atoms with Crippen LogP contribution in [0.4, 0.5) is 0 Å². The standard InChI is InChI=1S/C15H27NO2/c1-3-18-15(8-6-12(2)7-9-15)14(16)13-5-4-10-17-11-13/h11-12,14H,3-10,16H2,1-2H3. The van der Waals surface area contributed by atoms with E-state index in [-0.39, 0.29) is 11.6 Å². The second-order valence-corrected chi connectivity index (χ2v) is 5.83. The van der Waals surface area contributed by atoms with Crippen LogP contribution in [0.25, 0.3) is 0 Å². The molecule has 2 N–H and O–H groups in total. The summed E-state index contributed by atoms with van der Waals surface area (Å²) >= 11 is 0. The Morgan fingerprint density at radius 3 is 2.78 bits per heavy atom. The van der Waals surface area contributed by atoms with Gasteiger partial charge >= 0.3 is 0 Å². The average Bonchev–Trinajstić information content (AvgIpc) is 2.42. The van der Waals surface area contributed by atoms with Gasteiger partial charge in [-0.05, 0) is 56.9 Å². The molecule has 0 amide bonds. The zero-order valence-corrected chi connectivity index (χ0v) is 11.8. The summed E-state index contributed by atoms with van der Waals surface area (Å²) < 4.78 is 11.6. The van der Waals surface area contributed by atoms with E-state index in [0.29, 0.717) is 0 Å². The van der Waals surface area contributed by atoms with Gasteiger partial charge in [-0.3, -0.25) is 0 Å². The normalized spacial score (nSPS) is 34.6. The molecule has 0 bridgehead atoms. The van der Waals surface area contributed by atoms with Crippen molar-refractivity contribution in [2.24, 2.45) is 11.7 Å². The van der Waals surface area contributed by atoms with Crippen molar-refractivity contribution in [3.63, 3.8) is 0 Å². The summed E-state index contributed by atoms with van der Waals surface area (Å²) in [7, 11) is 0. The van der Waals surface area contributed by atoms with E-state index in [1.807, 2.05) is 6.26 Å². The largest absolute Gasteiger partial charge is 0.501 e. The molecule has 1 aliphatic carbocycles. The van der Waals surface area contributed by atoms with Crippen LogP contribution in [-0.2, 0) is 9.47 Å². The van der Waals surface area contributed by atoms with Crippen molar-refractivity contribution in [2.45, 2.75) is 64.0 Å². The van der Waals surface area contributed by atoms with E-state index >= 15 is 0 Å². The molecule has 3 heteroatoms. The van der Waals surface area contributed by atoms with Crippen molar-refractivity contribution in [3.05, 3.63) is 11.8 Å². The summed E-state index contributed by atoms with van der Waals surface area (Å²) in [5, 5.41) is 0. The van der Waals surface area contributed by atoms with Crippen LogP contribution in [0.2, 0.25) is 0 Å². The van der Waals surface area contributed by atoms with Gasteiger partial charge < -0.3 is 15.2 Å². The van der Waals surface area contributed by atoms with Gasteiger partial charge in [-0.2, -0.15) is 0 Å². The second-order valence-electron chi connectivity index (χ2n) is 5.83. The Bertz CT molecular complexity index is 293. The quantitative estimate of drug-likeness (QED) is 0.837. The zero-order valence-electron chi connectivity index (χ0n) is 11.8. The van der Waals surface area contributed by atoms with Gasteiger partial charge in [-0.1, -0.05) is 6.92 Å². The highest BCUT2D eigenvalue weighted by molar-refractivity contribution is 5.17. The van der Waals surface area contributed by atoms with E-state index in [2.05, 4.69) is 13.8 Å². The monoisotopic (exact) mass is 253 g/mol. The molecular weight excluding hydrogens is 226 g/mol. The Hall–Kier alpha value is -0.540. The topological polar surface area (TPSA) is 44.5 Å². The number of nitrogens with two attached hydrogens (primary N) is 1. The molecule has 0 saturated heterocycles. The highest BCUT2D eigenvalue weighted by Gasteiger charge is 2.42. The van der Waals surface area contributed by atoms with Crippen molar-refractivity contribution < 1.29 is 9.47 Å². The van der Waals surface area contributed by atoms with E-state index in [1.54, 1.807) is 0 Å². The Morgan fingerprint density at radius 2 is 2.22 bits per heavy atom. The minimum Gasteiger partial charge on any atom is -0.501 e. The lowest BCUT2D eigenvalue weighted by Gasteiger charge is -2.44. The molecule has 0 aromatic heterocycles. The van der Waals surface area contributed by atoms with Gasteiger partial charge in [0.05, 0.1) is 24.5 Å². The highest BCUT2D eigenvalue weighted by atomic mass is 16.5. The summed E-state index contributed by atoms with van der Waals surface area (Å²) in [6.45, 7) is 5.97. The Kier molecular flexibility index (Phi) is 4.68. The van der Waals surface area contributed by atoms with E-state index in [1.165, 1.54) is 18.4 Å². The predicted molar refractivity (Wildman–Crippen MR) is 73.2 cm³/mol. The van der Waals surface area contributed by atoms with Crippen molar-refractivity contribution in [1.29, 1.82) is 0 Å². The maximum atomic E-state index is 6.52. The summed E-state index contributed by atoms with van der Waals surface area (Å²) in [6, 6.07) is 0.00486. The maximum Gasteiger partial charge on any atom is 0.0876 e. The maximum absolute atomic E-state index is 6.52. The molecule has 1 unspecified atom stereocenters. The van der Waals surface area contributed by atoms with E-state index in [9.17, 15) is 0 Å². The van der Waals surface area contributed by atoms with E-state index in [0.717, 1.165) is 44.8 Å². The lowest BCUT2D eigenvalue weighted by molar-refractivity contribution is -0.0829. The van der Waals surface area contributed by atoms with Crippen LogP contribution in [-0.4, -0.2) is 24.9 Å². The molecule has 0 aromatic carbocycles. The Balaban J connectivity index is 2.10. The van der Waals surface area contributed by atoms with Gasteiger partial charge in [0.15, 0.2) is 0 Å². The van der Waals surface area contributed by atoms with Crippen LogP contribution >= 0.6 is 0 Å². The summed E-state index contributed by atoms with van der Waals surface area (Å²) in [5.74, 6) is 0.808. The van der Waals surface area contributed by atoms with Crippen molar-refractivity contribution >= 4 is 0 Å².